The van der Waals surface area contributed by atoms with E-state index in [9.17, 15) is 0 Å². The maximum atomic E-state index is 15.9. The topological polar surface area (TPSA) is 180 Å². The molecule has 2 heterocycles. The number of benzene rings is 6. The van der Waals surface area contributed by atoms with Crippen LogP contribution in [0.5, 0.6) is 0 Å². The van der Waals surface area contributed by atoms with Gasteiger partial charge in [-0.2, -0.15) is 0 Å². The molecule has 0 radical (unpaired) electrons. The Morgan fingerprint density at radius 2 is 0.658 bits per heavy atom. The first-order chi connectivity index (χ1) is 38.1. The molecule has 0 aromatic heterocycles. The Kier molecular flexibility index (Phi) is 20.6. The van der Waals surface area contributed by atoms with E-state index in [1.807, 2.05) is 147 Å². The van der Waals surface area contributed by atoms with Gasteiger partial charge in [-0.3, -0.25) is 40.7 Å². The molecule has 79 heavy (non-hydrogen) atoms. The predicted octanol–water partition coefficient (Wildman–Crippen LogP) is 13.5. The third-order valence-corrected chi connectivity index (χ3v) is 17.1. The summed E-state index contributed by atoms with van der Waals surface area (Å²) < 4.78 is 138. The molecule has 1 saturated carbocycles. The standard InChI is InChI=1S/C59H69O17P3/c1-58(2)43-64-51(65-44-58)35-36-63-52-55(74-77(60,66-37-45-23-11-5-12-24-45)67-38-46-25-13-6-14-26-46)53-54(73-59(3,4)72-53)57(76-79(62,70-41-49-31-19-9-20-32-49)71-42-50-33-21-10-22-34-50)56(52)75-78(61,68-39-47-27-15-7-16-28-47)69-40-48-29-17-8-18-30-48/h5-34,51-57H,35-44H2,1-4H3/t52-,53+,54-,55-,56+,57+/m0/s1. The molecule has 2 aliphatic heterocycles. The second-order valence-corrected chi connectivity index (χ2v) is 25.4. The highest BCUT2D eigenvalue weighted by atomic mass is 31.2. The van der Waals surface area contributed by atoms with Crippen LogP contribution in [0.3, 0.4) is 0 Å². The van der Waals surface area contributed by atoms with E-state index >= 15 is 13.7 Å². The van der Waals surface area contributed by atoms with Crippen LogP contribution in [0.25, 0.3) is 0 Å². The number of rotatable bonds is 28. The van der Waals surface area contributed by atoms with Gasteiger partial charge in [0.2, 0.25) is 0 Å². The minimum absolute atomic E-state index is 0.128. The Morgan fingerprint density at radius 1 is 0.392 bits per heavy atom. The number of hydrogen-bond donors (Lipinski definition) is 0. The normalized spacial score (nSPS) is 22.3. The van der Waals surface area contributed by atoms with E-state index < -0.39 is 72.2 Å². The van der Waals surface area contributed by atoms with Crippen LogP contribution in [-0.2, 0) is 118 Å². The Morgan fingerprint density at radius 3 is 0.949 bits per heavy atom. The van der Waals surface area contributed by atoms with Crippen molar-refractivity contribution in [2.24, 2.45) is 5.41 Å². The zero-order valence-electron chi connectivity index (χ0n) is 44.7. The van der Waals surface area contributed by atoms with Crippen LogP contribution in [0.2, 0.25) is 0 Å². The fraction of sp³-hybridized carbons (Fsp3) is 0.390. The molecular weight excluding hydrogens is 1070 g/mol. The molecular formula is C59H69O17P3. The monoisotopic (exact) mass is 1140 g/mol. The molecule has 0 N–H and O–H groups in total. The van der Waals surface area contributed by atoms with Crippen LogP contribution in [-0.4, -0.2) is 68.5 Å². The molecule has 2 saturated heterocycles. The van der Waals surface area contributed by atoms with Crippen LogP contribution in [0.4, 0.5) is 0 Å². The van der Waals surface area contributed by atoms with Crippen LogP contribution in [0.15, 0.2) is 182 Å². The Bertz CT molecular complexity index is 2770. The van der Waals surface area contributed by atoms with Crippen molar-refractivity contribution in [1.82, 2.24) is 0 Å². The van der Waals surface area contributed by atoms with E-state index in [0.29, 0.717) is 46.6 Å². The van der Waals surface area contributed by atoms with Crippen LogP contribution in [0.1, 0.15) is 67.5 Å². The lowest BCUT2D eigenvalue weighted by atomic mass is 9.85. The smallest absolute Gasteiger partial charge is 0.372 e. The maximum Gasteiger partial charge on any atom is 0.475 e. The zero-order chi connectivity index (χ0) is 55.2. The third kappa shape index (κ3) is 17.5. The lowest BCUT2D eigenvalue weighted by Crippen LogP contribution is -2.65. The van der Waals surface area contributed by atoms with Gasteiger partial charge in [0.15, 0.2) is 12.1 Å². The van der Waals surface area contributed by atoms with E-state index in [2.05, 4.69) is 0 Å². The van der Waals surface area contributed by atoms with Gasteiger partial charge in [0.05, 0.1) is 59.5 Å². The molecule has 6 atom stereocenters. The summed E-state index contributed by atoms with van der Waals surface area (Å²) in [6, 6.07) is 54.5. The van der Waals surface area contributed by atoms with Gasteiger partial charge in [0.1, 0.15) is 36.6 Å². The summed E-state index contributed by atoms with van der Waals surface area (Å²) in [5.74, 6) is -1.44. The fourth-order valence-corrected chi connectivity index (χ4v) is 13.0. The van der Waals surface area contributed by atoms with Crippen molar-refractivity contribution >= 4 is 23.5 Å². The van der Waals surface area contributed by atoms with Crippen molar-refractivity contribution in [2.75, 3.05) is 19.8 Å². The molecule has 422 valence electrons. The molecule has 3 fully saturated rings. The summed E-state index contributed by atoms with van der Waals surface area (Å²) >= 11 is 0. The molecule has 9 rings (SSSR count). The van der Waals surface area contributed by atoms with E-state index in [1.165, 1.54) is 0 Å². The Balaban J connectivity index is 1.16. The van der Waals surface area contributed by atoms with E-state index in [0.717, 1.165) is 0 Å². The SMILES string of the molecule is CC1(C)COC(CCO[C@@H]2[C@@H](OP(=O)(OCc3ccccc3)OCc3ccccc3)[C@H](OP(=O)(OCc3ccccc3)OCc3ccccc3)[C@H]3OC(C)(C)O[C@H]3[C@H]2OP(=O)(OCc2ccccc2)OCc2ccccc2)OC1. The number of hydrogen-bond acceptors (Lipinski definition) is 17. The lowest BCUT2D eigenvalue weighted by molar-refractivity contribution is -0.237. The third-order valence-electron chi connectivity index (χ3n) is 12.9. The van der Waals surface area contributed by atoms with E-state index in [-0.39, 0.29) is 58.1 Å². The molecule has 17 nitrogen and oxygen atoms in total. The van der Waals surface area contributed by atoms with Crippen LogP contribution < -0.4 is 0 Å². The van der Waals surface area contributed by atoms with Crippen LogP contribution >= 0.6 is 23.5 Å². The van der Waals surface area contributed by atoms with Crippen molar-refractivity contribution in [2.45, 2.75) is 122 Å². The highest BCUT2D eigenvalue weighted by Crippen LogP contribution is 2.61. The van der Waals surface area contributed by atoms with Gasteiger partial charge >= 0.3 is 23.5 Å². The number of phosphoric ester groups is 3. The quantitative estimate of drug-likeness (QED) is 0.0423. The molecule has 6 aromatic rings. The highest BCUT2D eigenvalue weighted by molar-refractivity contribution is 7.49. The lowest BCUT2D eigenvalue weighted by Gasteiger charge is -2.47. The first kappa shape index (κ1) is 59.1. The minimum Gasteiger partial charge on any atom is -0.372 e. The summed E-state index contributed by atoms with van der Waals surface area (Å²) in [5, 5.41) is 0. The van der Waals surface area contributed by atoms with Gasteiger partial charge in [-0.15, -0.1) is 0 Å². The zero-order valence-corrected chi connectivity index (χ0v) is 47.4. The van der Waals surface area contributed by atoms with Crippen molar-refractivity contribution < 1.29 is 78.1 Å². The van der Waals surface area contributed by atoms with E-state index in [1.54, 1.807) is 62.4 Å². The molecule has 0 bridgehead atoms. The fourth-order valence-electron chi connectivity index (χ4n) is 8.93. The second kappa shape index (κ2) is 27.5. The Labute approximate surface area is 462 Å². The molecule has 3 aliphatic rings. The van der Waals surface area contributed by atoms with Gasteiger partial charge in [0, 0.05) is 11.8 Å². The summed E-state index contributed by atoms with van der Waals surface area (Å²) in [4.78, 5) is 0. The largest absolute Gasteiger partial charge is 0.475 e. The van der Waals surface area contributed by atoms with Gasteiger partial charge in [0.25, 0.3) is 0 Å². The molecule has 20 heteroatoms. The predicted molar refractivity (Wildman–Crippen MR) is 292 cm³/mol. The number of fused-ring (bicyclic) bond motifs is 1. The summed E-state index contributed by atoms with van der Waals surface area (Å²) in [6.07, 6.45) is -9.64. The molecule has 6 aromatic carbocycles. The van der Waals surface area contributed by atoms with Gasteiger partial charge < -0.3 is 23.7 Å². The van der Waals surface area contributed by atoms with Gasteiger partial charge in [-0.25, -0.2) is 13.7 Å². The first-order valence-corrected chi connectivity index (χ1v) is 30.7. The number of phosphoric acid groups is 3. The average Bonchev–Trinajstić information content (AvgIpc) is 4.08. The van der Waals surface area contributed by atoms with Crippen LogP contribution in [0, 0.1) is 5.41 Å². The van der Waals surface area contributed by atoms with Gasteiger partial charge in [-0.05, 0) is 47.2 Å². The number of ether oxygens (including phenoxy) is 5. The first-order valence-electron chi connectivity index (χ1n) is 26.3. The molecule has 0 amide bonds. The van der Waals surface area contributed by atoms with Crippen molar-refractivity contribution in [1.29, 1.82) is 0 Å². The minimum atomic E-state index is -4.87. The highest BCUT2D eigenvalue weighted by Gasteiger charge is 2.65. The van der Waals surface area contributed by atoms with Crippen molar-refractivity contribution in [3.63, 3.8) is 0 Å². The summed E-state index contributed by atoms with van der Waals surface area (Å²) in [6.45, 7) is 6.80. The second-order valence-electron chi connectivity index (χ2n) is 20.5. The average molecular weight is 1140 g/mol. The summed E-state index contributed by atoms with van der Waals surface area (Å²) in [7, 11) is -14.4. The Hall–Kier alpha value is -4.55. The van der Waals surface area contributed by atoms with Crippen molar-refractivity contribution in [3.05, 3.63) is 215 Å². The maximum absolute atomic E-state index is 15.9. The van der Waals surface area contributed by atoms with Crippen molar-refractivity contribution in [3.8, 4) is 0 Å². The van der Waals surface area contributed by atoms with E-state index in [4.69, 9.17) is 64.4 Å². The molecule has 1 aliphatic carbocycles. The summed E-state index contributed by atoms with van der Waals surface area (Å²) in [5.41, 5.74) is 3.71. The molecule has 0 unspecified atom stereocenters. The van der Waals surface area contributed by atoms with Gasteiger partial charge in [-0.1, -0.05) is 196 Å². The molecule has 0 spiro atoms.